The zero-order valence-corrected chi connectivity index (χ0v) is 10.4. The molecule has 1 aromatic heterocycles. The molecule has 5 nitrogen and oxygen atoms in total. The number of carbonyl (C=O) groups excluding carboxylic acids is 1. The predicted molar refractivity (Wildman–Crippen MR) is 67.8 cm³/mol. The summed E-state index contributed by atoms with van der Waals surface area (Å²) < 4.78 is 13.7. The standard InChI is InChI=1S/C12H10FNO4S/c13-7-1-2-9-6(3-7)4-10(19-9)11(16)14-8(5-15)12(17)18/h1-4,8,15H,5H2,(H,14,16)(H,17,18). The monoisotopic (exact) mass is 283 g/mol. The van der Waals surface area contributed by atoms with Crippen LogP contribution in [0.15, 0.2) is 24.3 Å². The highest BCUT2D eigenvalue weighted by Gasteiger charge is 2.20. The van der Waals surface area contributed by atoms with Crippen LogP contribution in [-0.4, -0.2) is 34.7 Å². The van der Waals surface area contributed by atoms with E-state index in [1.807, 2.05) is 0 Å². The molecule has 0 aliphatic rings. The van der Waals surface area contributed by atoms with E-state index in [2.05, 4.69) is 5.32 Å². The molecule has 0 bridgehead atoms. The number of carboxylic acid groups (broad SMARTS) is 1. The van der Waals surface area contributed by atoms with E-state index >= 15 is 0 Å². The van der Waals surface area contributed by atoms with Crippen LogP contribution in [0.2, 0.25) is 0 Å². The third-order valence-electron chi connectivity index (χ3n) is 2.49. The van der Waals surface area contributed by atoms with E-state index in [-0.39, 0.29) is 4.88 Å². The van der Waals surface area contributed by atoms with Gasteiger partial charge in [-0.1, -0.05) is 0 Å². The Kier molecular flexibility index (Phi) is 3.77. The molecule has 19 heavy (non-hydrogen) atoms. The molecule has 0 saturated heterocycles. The van der Waals surface area contributed by atoms with Gasteiger partial charge in [-0.3, -0.25) is 4.79 Å². The molecular weight excluding hydrogens is 273 g/mol. The van der Waals surface area contributed by atoms with Crippen molar-refractivity contribution in [2.75, 3.05) is 6.61 Å². The number of aliphatic hydroxyl groups excluding tert-OH is 1. The second kappa shape index (κ2) is 5.33. The van der Waals surface area contributed by atoms with Crippen LogP contribution in [0, 0.1) is 5.82 Å². The molecule has 0 saturated carbocycles. The number of halogens is 1. The first-order valence-electron chi connectivity index (χ1n) is 5.35. The van der Waals surface area contributed by atoms with Crippen LogP contribution >= 0.6 is 11.3 Å². The number of hydrogen-bond acceptors (Lipinski definition) is 4. The molecule has 1 aromatic carbocycles. The van der Waals surface area contributed by atoms with Gasteiger partial charge in [-0.25, -0.2) is 9.18 Å². The van der Waals surface area contributed by atoms with Gasteiger partial charge in [-0.05, 0) is 29.7 Å². The average Bonchev–Trinajstić information content (AvgIpc) is 2.78. The predicted octanol–water partition coefficient (Wildman–Crippen LogP) is 1.22. The normalized spacial score (nSPS) is 12.3. The quantitative estimate of drug-likeness (QED) is 0.787. The van der Waals surface area contributed by atoms with Crippen molar-refractivity contribution in [3.8, 4) is 0 Å². The molecule has 0 aliphatic heterocycles. The summed E-state index contributed by atoms with van der Waals surface area (Å²) in [6.45, 7) is -0.694. The summed E-state index contributed by atoms with van der Waals surface area (Å²) in [5.41, 5.74) is 0. The maximum Gasteiger partial charge on any atom is 0.328 e. The number of fused-ring (bicyclic) bond motifs is 1. The van der Waals surface area contributed by atoms with Gasteiger partial charge in [0.05, 0.1) is 11.5 Å². The van der Waals surface area contributed by atoms with Crippen LogP contribution in [0.1, 0.15) is 9.67 Å². The Labute approximate surface area is 111 Å². The fourth-order valence-corrected chi connectivity index (χ4v) is 2.49. The number of thiophene rings is 1. The van der Waals surface area contributed by atoms with E-state index in [0.29, 0.717) is 5.39 Å². The van der Waals surface area contributed by atoms with Gasteiger partial charge in [0.15, 0.2) is 6.04 Å². The fourth-order valence-electron chi connectivity index (χ4n) is 1.54. The van der Waals surface area contributed by atoms with E-state index in [9.17, 15) is 14.0 Å². The molecule has 7 heteroatoms. The van der Waals surface area contributed by atoms with Crippen molar-refractivity contribution in [2.45, 2.75) is 6.04 Å². The van der Waals surface area contributed by atoms with Crippen LogP contribution < -0.4 is 5.32 Å². The van der Waals surface area contributed by atoms with Gasteiger partial charge in [-0.2, -0.15) is 0 Å². The maximum absolute atomic E-state index is 13.0. The Bertz CT molecular complexity index is 640. The summed E-state index contributed by atoms with van der Waals surface area (Å²) >= 11 is 1.12. The van der Waals surface area contributed by atoms with Crippen LogP contribution in [0.4, 0.5) is 4.39 Å². The number of rotatable bonds is 4. The Morgan fingerprint density at radius 1 is 1.37 bits per heavy atom. The molecule has 0 radical (unpaired) electrons. The van der Waals surface area contributed by atoms with Crippen molar-refractivity contribution in [1.29, 1.82) is 0 Å². The highest BCUT2D eigenvalue weighted by molar-refractivity contribution is 7.20. The summed E-state index contributed by atoms with van der Waals surface area (Å²) in [5, 5.41) is 20.3. The van der Waals surface area contributed by atoms with Crippen LogP contribution in [0.25, 0.3) is 10.1 Å². The minimum atomic E-state index is -1.35. The van der Waals surface area contributed by atoms with Gasteiger partial charge in [0.2, 0.25) is 0 Å². The van der Waals surface area contributed by atoms with Gasteiger partial charge in [0.25, 0.3) is 5.91 Å². The lowest BCUT2D eigenvalue weighted by Gasteiger charge is -2.10. The lowest BCUT2D eigenvalue weighted by molar-refractivity contribution is -0.140. The highest BCUT2D eigenvalue weighted by Crippen LogP contribution is 2.26. The van der Waals surface area contributed by atoms with E-state index in [0.717, 1.165) is 16.0 Å². The van der Waals surface area contributed by atoms with Crippen LogP contribution in [0.5, 0.6) is 0 Å². The number of carboxylic acids is 1. The van der Waals surface area contributed by atoms with Crippen molar-refractivity contribution >= 4 is 33.3 Å². The molecule has 1 unspecified atom stereocenters. The SMILES string of the molecule is O=C(NC(CO)C(=O)O)c1cc2cc(F)ccc2s1. The maximum atomic E-state index is 13.0. The van der Waals surface area contributed by atoms with Crippen molar-refractivity contribution in [2.24, 2.45) is 0 Å². The number of carbonyl (C=O) groups is 2. The van der Waals surface area contributed by atoms with Crippen molar-refractivity contribution in [1.82, 2.24) is 5.32 Å². The van der Waals surface area contributed by atoms with Crippen molar-refractivity contribution < 1.29 is 24.2 Å². The molecule has 0 spiro atoms. The third kappa shape index (κ3) is 2.88. The van der Waals surface area contributed by atoms with E-state index in [4.69, 9.17) is 10.2 Å². The summed E-state index contributed by atoms with van der Waals surface area (Å²) in [7, 11) is 0. The first-order chi connectivity index (χ1) is 9.01. The molecule has 100 valence electrons. The summed E-state index contributed by atoms with van der Waals surface area (Å²) in [6, 6.07) is 4.26. The molecule has 0 aliphatic carbocycles. The molecule has 1 amide bonds. The largest absolute Gasteiger partial charge is 0.480 e. The molecular formula is C12H10FNO4S. The second-order valence-corrected chi connectivity index (χ2v) is 4.92. The lowest BCUT2D eigenvalue weighted by atomic mass is 10.2. The van der Waals surface area contributed by atoms with E-state index in [1.54, 1.807) is 6.07 Å². The van der Waals surface area contributed by atoms with Crippen molar-refractivity contribution in [3.05, 3.63) is 35.0 Å². The lowest BCUT2D eigenvalue weighted by Crippen LogP contribution is -2.43. The summed E-state index contributed by atoms with van der Waals surface area (Å²) in [5.74, 6) is -2.33. The summed E-state index contributed by atoms with van der Waals surface area (Å²) in [4.78, 5) is 22.8. The van der Waals surface area contributed by atoms with Gasteiger partial charge >= 0.3 is 5.97 Å². The first kappa shape index (κ1) is 13.4. The molecule has 1 atom stereocenters. The van der Waals surface area contributed by atoms with Crippen LogP contribution in [0.3, 0.4) is 0 Å². The Hall–Kier alpha value is -1.99. The van der Waals surface area contributed by atoms with Gasteiger partial charge in [0, 0.05) is 4.70 Å². The second-order valence-electron chi connectivity index (χ2n) is 3.84. The van der Waals surface area contributed by atoms with Gasteiger partial charge in [0.1, 0.15) is 5.82 Å². The van der Waals surface area contributed by atoms with E-state index < -0.39 is 30.3 Å². The van der Waals surface area contributed by atoms with E-state index in [1.165, 1.54) is 18.2 Å². The number of aliphatic hydroxyl groups is 1. The Morgan fingerprint density at radius 3 is 2.74 bits per heavy atom. The number of nitrogens with one attached hydrogen (secondary N) is 1. The number of benzene rings is 1. The fraction of sp³-hybridized carbons (Fsp3) is 0.167. The molecule has 2 aromatic rings. The number of aliphatic carboxylic acids is 1. The number of amides is 1. The smallest absolute Gasteiger partial charge is 0.328 e. The number of hydrogen-bond donors (Lipinski definition) is 3. The topological polar surface area (TPSA) is 86.6 Å². The van der Waals surface area contributed by atoms with Crippen molar-refractivity contribution in [3.63, 3.8) is 0 Å². The van der Waals surface area contributed by atoms with Gasteiger partial charge in [-0.15, -0.1) is 11.3 Å². The zero-order valence-electron chi connectivity index (χ0n) is 9.59. The molecule has 2 rings (SSSR count). The zero-order chi connectivity index (χ0) is 14.0. The minimum Gasteiger partial charge on any atom is -0.480 e. The van der Waals surface area contributed by atoms with Crippen LogP contribution in [-0.2, 0) is 4.79 Å². The highest BCUT2D eigenvalue weighted by atomic mass is 32.1. The molecule has 0 fully saturated rings. The third-order valence-corrected chi connectivity index (χ3v) is 3.60. The Balaban J connectivity index is 2.24. The Morgan fingerprint density at radius 2 is 2.11 bits per heavy atom. The summed E-state index contributed by atoms with van der Waals surface area (Å²) in [6.07, 6.45) is 0. The molecule has 3 N–H and O–H groups in total. The molecule has 1 heterocycles. The first-order valence-corrected chi connectivity index (χ1v) is 6.16. The average molecular weight is 283 g/mol. The van der Waals surface area contributed by atoms with Gasteiger partial charge < -0.3 is 15.5 Å². The minimum absolute atomic E-state index is 0.264.